The molecule has 0 saturated heterocycles. The molecule has 148 valence electrons. The third-order valence-corrected chi connectivity index (χ3v) is 4.88. The molecule has 0 unspecified atom stereocenters. The Labute approximate surface area is 170 Å². The maximum absolute atomic E-state index is 13.8. The molecule has 0 aliphatic rings. The van der Waals surface area contributed by atoms with Crippen LogP contribution in [-0.2, 0) is 4.79 Å². The quantitative estimate of drug-likeness (QED) is 0.524. The van der Waals surface area contributed by atoms with Crippen molar-refractivity contribution in [3.8, 4) is 0 Å². The summed E-state index contributed by atoms with van der Waals surface area (Å²) in [5.74, 6) is 0.0695. The number of hydrogen-bond donors (Lipinski definition) is 0. The highest BCUT2D eigenvalue weighted by molar-refractivity contribution is 6.12. The molecule has 28 heavy (non-hydrogen) atoms. The van der Waals surface area contributed by atoms with E-state index in [9.17, 15) is 4.79 Å². The van der Waals surface area contributed by atoms with E-state index in [1.54, 1.807) is 0 Å². The number of benzene rings is 2. The second kappa shape index (κ2) is 11.1. The Bertz CT molecular complexity index is 718. The molecule has 2 aromatic carbocycles. The molecule has 3 heteroatoms. The molecule has 3 nitrogen and oxygen atoms in total. The van der Waals surface area contributed by atoms with E-state index in [0.29, 0.717) is 0 Å². The molecule has 0 heterocycles. The Morgan fingerprint density at radius 2 is 0.964 bits per heavy atom. The van der Waals surface area contributed by atoms with E-state index in [2.05, 4.69) is 37.5 Å². The normalized spacial score (nSPS) is 12.0. The van der Waals surface area contributed by atoms with Gasteiger partial charge in [-0.3, -0.25) is 4.79 Å². The van der Waals surface area contributed by atoms with Crippen molar-refractivity contribution >= 4 is 17.9 Å². The molecule has 0 bridgehead atoms. The van der Waals surface area contributed by atoms with Gasteiger partial charge in [-0.1, -0.05) is 60.7 Å². The molecular formula is C25H32N2O. The van der Waals surface area contributed by atoms with Crippen molar-refractivity contribution in [1.82, 2.24) is 9.80 Å². The molecule has 0 amide bonds. The van der Waals surface area contributed by atoms with Crippen LogP contribution < -0.4 is 0 Å². The summed E-state index contributed by atoms with van der Waals surface area (Å²) in [4.78, 5) is 18.0. The zero-order valence-electron chi connectivity index (χ0n) is 17.6. The lowest BCUT2D eigenvalue weighted by Gasteiger charge is -2.29. The molecule has 0 aliphatic carbocycles. The highest BCUT2D eigenvalue weighted by atomic mass is 16.1. The van der Waals surface area contributed by atoms with Gasteiger partial charge in [0.05, 0.1) is 11.4 Å². The van der Waals surface area contributed by atoms with E-state index in [-0.39, 0.29) is 5.78 Å². The second-order valence-corrected chi connectivity index (χ2v) is 6.55. The van der Waals surface area contributed by atoms with Gasteiger partial charge in [0.25, 0.3) is 0 Å². The van der Waals surface area contributed by atoms with Gasteiger partial charge in [0.1, 0.15) is 0 Å². The fourth-order valence-electron chi connectivity index (χ4n) is 3.27. The summed E-state index contributed by atoms with van der Waals surface area (Å²) >= 11 is 0. The molecular weight excluding hydrogens is 344 g/mol. The summed E-state index contributed by atoms with van der Waals surface area (Å²) in [6.07, 6.45) is 4.02. The molecule has 0 fully saturated rings. The molecule has 0 radical (unpaired) electrons. The van der Waals surface area contributed by atoms with Gasteiger partial charge in [0, 0.05) is 26.2 Å². The number of carbonyl (C=O) groups excluding carboxylic acids is 1. The first-order chi connectivity index (χ1) is 13.6. The van der Waals surface area contributed by atoms with E-state index >= 15 is 0 Å². The van der Waals surface area contributed by atoms with Gasteiger partial charge in [-0.25, -0.2) is 0 Å². The molecule has 2 rings (SSSR count). The van der Waals surface area contributed by atoms with Crippen LogP contribution in [0.3, 0.4) is 0 Å². The van der Waals surface area contributed by atoms with Crippen LogP contribution in [-0.4, -0.2) is 41.8 Å². The van der Waals surface area contributed by atoms with Crippen LogP contribution in [0.15, 0.2) is 72.1 Å². The van der Waals surface area contributed by atoms with Crippen LogP contribution in [0.2, 0.25) is 0 Å². The number of likely N-dealkylation sites (N-methyl/N-ethyl adjacent to an activating group) is 2. The van der Waals surface area contributed by atoms with Gasteiger partial charge in [-0.05, 0) is 51.0 Å². The number of nitrogens with zero attached hydrogens (tertiary/aromatic N) is 2. The monoisotopic (exact) mass is 376 g/mol. The summed E-state index contributed by atoms with van der Waals surface area (Å²) < 4.78 is 0. The fourth-order valence-corrected chi connectivity index (χ4v) is 3.27. The van der Waals surface area contributed by atoms with Crippen molar-refractivity contribution in [1.29, 1.82) is 0 Å². The van der Waals surface area contributed by atoms with E-state index in [1.807, 2.05) is 72.8 Å². The Hall–Kier alpha value is -2.81. The lowest BCUT2D eigenvalue weighted by Crippen LogP contribution is -2.34. The lowest BCUT2D eigenvalue weighted by atomic mass is 10.1. The largest absolute Gasteiger partial charge is 0.369 e. The van der Waals surface area contributed by atoms with Gasteiger partial charge >= 0.3 is 0 Å². The average Bonchev–Trinajstić information content (AvgIpc) is 2.75. The molecule has 0 aliphatic heterocycles. The second-order valence-electron chi connectivity index (χ2n) is 6.55. The van der Waals surface area contributed by atoms with Crippen molar-refractivity contribution in [3.63, 3.8) is 0 Å². The van der Waals surface area contributed by atoms with Gasteiger partial charge in [0.15, 0.2) is 0 Å². The Morgan fingerprint density at radius 1 is 0.643 bits per heavy atom. The van der Waals surface area contributed by atoms with Crippen LogP contribution in [0.4, 0.5) is 0 Å². The first-order valence-corrected chi connectivity index (χ1v) is 10.2. The average molecular weight is 377 g/mol. The molecule has 0 N–H and O–H groups in total. The molecule has 0 saturated carbocycles. The fraction of sp³-hybridized carbons (Fsp3) is 0.320. The van der Waals surface area contributed by atoms with E-state index in [1.165, 1.54) is 0 Å². The summed E-state index contributed by atoms with van der Waals surface area (Å²) in [6.45, 7) is 11.5. The van der Waals surface area contributed by atoms with E-state index < -0.39 is 0 Å². The maximum atomic E-state index is 13.8. The minimum Gasteiger partial charge on any atom is -0.369 e. The standard InChI is InChI=1S/C25H32N2O/c1-5-26(6-2)23(19-21-15-11-9-12-16-21)25(28)24(27(7-3)8-4)20-22-17-13-10-14-18-22/h9-20H,5-8H2,1-4H3. The zero-order valence-corrected chi connectivity index (χ0v) is 17.6. The summed E-state index contributed by atoms with van der Waals surface area (Å²) in [5, 5.41) is 0. The summed E-state index contributed by atoms with van der Waals surface area (Å²) in [6, 6.07) is 20.1. The summed E-state index contributed by atoms with van der Waals surface area (Å²) in [5.41, 5.74) is 3.56. The number of rotatable bonds is 10. The molecule has 0 spiro atoms. The Morgan fingerprint density at radius 3 is 1.25 bits per heavy atom. The van der Waals surface area contributed by atoms with Gasteiger partial charge in [-0.15, -0.1) is 0 Å². The number of ketones is 1. The van der Waals surface area contributed by atoms with E-state index in [4.69, 9.17) is 0 Å². The van der Waals surface area contributed by atoms with Crippen LogP contribution in [0, 0.1) is 0 Å². The summed E-state index contributed by atoms with van der Waals surface area (Å²) in [7, 11) is 0. The third-order valence-electron chi connectivity index (χ3n) is 4.88. The minimum absolute atomic E-state index is 0.0695. The van der Waals surface area contributed by atoms with Gasteiger partial charge < -0.3 is 9.80 Å². The number of Topliss-reactive ketones (excluding diaryl/α,β-unsaturated/α-hetero) is 1. The van der Waals surface area contributed by atoms with Crippen molar-refractivity contribution in [3.05, 3.63) is 83.2 Å². The Balaban J connectivity index is 2.56. The van der Waals surface area contributed by atoms with Crippen molar-refractivity contribution in [2.75, 3.05) is 26.2 Å². The minimum atomic E-state index is 0.0695. The van der Waals surface area contributed by atoms with E-state index in [0.717, 1.165) is 48.7 Å². The molecule has 0 aromatic heterocycles. The van der Waals surface area contributed by atoms with Crippen LogP contribution >= 0.6 is 0 Å². The first kappa shape index (κ1) is 21.5. The van der Waals surface area contributed by atoms with Crippen molar-refractivity contribution in [2.45, 2.75) is 27.7 Å². The smallest absolute Gasteiger partial charge is 0.225 e. The number of carbonyl (C=O) groups is 1. The third kappa shape index (κ3) is 5.59. The highest BCUT2D eigenvalue weighted by Gasteiger charge is 2.23. The Kier molecular flexibility index (Phi) is 8.54. The SMILES string of the molecule is CCN(CC)C(=Cc1ccccc1)C(=O)C(=Cc1ccccc1)N(CC)CC. The van der Waals surface area contributed by atoms with Crippen LogP contribution in [0.1, 0.15) is 38.8 Å². The molecule has 2 aromatic rings. The lowest BCUT2D eigenvalue weighted by molar-refractivity contribution is -0.114. The highest BCUT2D eigenvalue weighted by Crippen LogP contribution is 2.21. The predicted molar refractivity (Wildman–Crippen MR) is 120 cm³/mol. The first-order valence-electron chi connectivity index (χ1n) is 10.2. The van der Waals surface area contributed by atoms with Gasteiger partial charge in [-0.2, -0.15) is 0 Å². The van der Waals surface area contributed by atoms with Crippen LogP contribution in [0.25, 0.3) is 12.2 Å². The van der Waals surface area contributed by atoms with Crippen molar-refractivity contribution < 1.29 is 4.79 Å². The predicted octanol–water partition coefficient (Wildman–Crippen LogP) is 5.32. The maximum Gasteiger partial charge on any atom is 0.225 e. The van der Waals surface area contributed by atoms with Crippen LogP contribution in [0.5, 0.6) is 0 Å². The number of hydrogen-bond acceptors (Lipinski definition) is 3. The van der Waals surface area contributed by atoms with Crippen molar-refractivity contribution in [2.24, 2.45) is 0 Å². The zero-order chi connectivity index (χ0) is 20.4. The molecule has 0 atom stereocenters. The topological polar surface area (TPSA) is 23.6 Å². The van der Waals surface area contributed by atoms with Gasteiger partial charge in [0.2, 0.25) is 5.78 Å².